The van der Waals surface area contributed by atoms with Crippen LogP contribution >= 0.6 is 0 Å². The van der Waals surface area contributed by atoms with Crippen LogP contribution in [-0.4, -0.2) is 90.6 Å². The highest BCUT2D eigenvalue weighted by atomic mass is 16.3. The van der Waals surface area contributed by atoms with Crippen molar-refractivity contribution in [2.45, 2.75) is 56.7 Å². The Bertz CT molecular complexity index is 1800. The number of benzene rings is 2. The van der Waals surface area contributed by atoms with Crippen LogP contribution in [0.25, 0.3) is 11.0 Å². The van der Waals surface area contributed by atoms with Crippen molar-refractivity contribution in [3.05, 3.63) is 100 Å². The van der Waals surface area contributed by atoms with Crippen molar-refractivity contribution in [3.63, 3.8) is 0 Å². The third-order valence-corrected chi connectivity index (χ3v) is 10.5. The van der Waals surface area contributed by atoms with Gasteiger partial charge in [-0.1, -0.05) is 42.5 Å². The first kappa shape index (κ1) is 31.3. The Hall–Kier alpha value is -4.28. The summed E-state index contributed by atoms with van der Waals surface area (Å²) in [5, 5.41) is 12.0. The Morgan fingerprint density at radius 3 is 2.47 bits per heavy atom. The molecule has 0 saturated carbocycles. The van der Waals surface area contributed by atoms with Gasteiger partial charge in [-0.05, 0) is 74.5 Å². The molecule has 3 aliphatic heterocycles. The molecule has 10 nitrogen and oxygen atoms in total. The topological polar surface area (TPSA) is 104 Å². The lowest BCUT2D eigenvalue weighted by Gasteiger charge is -2.43. The van der Waals surface area contributed by atoms with Crippen molar-refractivity contribution in [1.29, 1.82) is 0 Å². The van der Waals surface area contributed by atoms with Crippen molar-refractivity contribution >= 4 is 22.8 Å². The van der Waals surface area contributed by atoms with E-state index in [9.17, 15) is 19.5 Å². The van der Waals surface area contributed by atoms with Crippen LogP contribution in [0.5, 0.6) is 0 Å². The zero-order valence-electron chi connectivity index (χ0n) is 27.1. The second kappa shape index (κ2) is 13.1. The first-order valence-electron chi connectivity index (χ1n) is 17.0. The summed E-state index contributed by atoms with van der Waals surface area (Å²) in [5.41, 5.74) is 2.26. The van der Waals surface area contributed by atoms with E-state index in [0.29, 0.717) is 62.0 Å². The van der Waals surface area contributed by atoms with E-state index in [1.165, 1.54) is 23.7 Å². The second-order valence-electron chi connectivity index (χ2n) is 13.7. The first-order chi connectivity index (χ1) is 22.8. The Labute approximate surface area is 275 Å². The van der Waals surface area contributed by atoms with Gasteiger partial charge in [-0.2, -0.15) is 0 Å². The number of fused-ring (bicyclic) bond motifs is 1. The minimum Gasteiger partial charge on any atom is -0.388 e. The molecule has 2 atom stereocenters. The molecule has 0 radical (unpaired) electrons. The van der Waals surface area contributed by atoms with Crippen molar-refractivity contribution in [1.82, 2.24) is 28.8 Å². The number of likely N-dealkylation sites (tertiary alicyclic amines) is 3. The average Bonchev–Trinajstić information content (AvgIpc) is 3.75. The molecule has 246 valence electrons. The van der Waals surface area contributed by atoms with E-state index in [-0.39, 0.29) is 35.8 Å². The van der Waals surface area contributed by atoms with Gasteiger partial charge in [0.2, 0.25) is 5.91 Å². The fourth-order valence-electron chi connectivity index (χ4n) is 7.80. The lowest BCUT2D eigenvalue weighted by molar-refractivity contribution is -0.142. The maximum Gasteiger partial charge on any atom is 0.262 e. The summed E-state index contributed by atoms with van der Waals surface area (Å²) < 4.78 is 3.29. The van der Waals surface area contributed by atoms with Crippen molar-refractivity contribution in [2.75, 3.05) is 39.3 Å². The van der Waals surface area contributed by atoms with E-state index in [1.54, 1.807) is 16.8 Å². The molecule has 0 unspecified atom stereocenters. The molecule has 3 aliphatic rings. The maximum absolute atomic E-state index is 14.1. The highest BCUT2D eigenvalue weighted by molar-refractivity contribution is 5.94. The molecule has 4 aromatic rings. The number of nitrogens with zero attached hydrogens (tertiary/aromatic N) is 6. The summed E-state index contributed by atoms with van der Waals surface area (Å²) in [4.78, 5) is 51.7. The van der Waals surface area contributed by atoms with Gasteiger partial charge in [0.05, 0.1) is 17.5 Å². The number of aliphatic hydroxyl groups is 1. The average molecular weight is 637 g/mol. The zero-order valence-corrected chi connectivity index (χ0v) is 27.1. The van der Waals surface area contributed by atoms with Crippen LogP contribution in [0.15, 0.2) is 78.0 Å². The Kier molecular flexibility index (Phi) is 8.72. The van der Waals surface area contributed by atoms with E-state index in [1.807, 2.05) is 53.2 Å². The quantitative estimate of drug-likeness (QED) is 0.333. The van der Waals surface area contributed by atoms with Crippen molar-refractivity contribution in [2.24, 2.45) is 13.0 Å². The van der Waals surface area contributed by atoms with Crippen LogP contribution < -0.4 is 5.56 Å². The van der Waals surface area contributed by atoms with Gasteiger partial charge in [-0.3, -0.25) is 23.9 Å². The first-order valence-corrected chi connectivity index (χ1v) is 17.0. The molecule has 2 aromatic carbocycles. The van der Waals surface area contributed by atoms with E-state index in [4.69, 9.17) is 0 Å². The number of hydrogen-bond donors (Lipinski definition) is 1. The normalized spacial score (nSPS) is 21.7. The fraction of sp³-hybridized carbons (Fsp3) is 0.459. The standard InChI is InChI=1S/C37H44N6O4/c1-39-18-12-31-33(39)38-26-43(36(31)46)25-37(47)14-20-41(21-15-37)35(45)30-13-19-42(24-32(30)28-9-3-2-4-10-28)34(44)29-11-7-8-27(22-29)23-40-16-5-6-17-40/h2-4,7-12,18,22,26,30,32,47H,5-6,13-17,19-21,23-25H2,1H3/t30-,32+/m1/s1. The van der Waals surface area contributed by atoms with Crippen molar-refractivity contribution in [3.8, 4) is 0 Å². The zero-order chi connectivity index (χ0) is 32.5. The van der Waals surface area contributed by atoms with Gasteiger partial charge in [0.25, 0.3) is 11.5 Å². The Morgan fingerprint density at radius 2 is 1.70 bits per heavy atom. The minimum atomic E-state index is -1.11. The monoisotopic (exact) mass is 636 g/mol. The summed E-state index contributed by atoms with van der Waals surface area (Å²) in [5.74, 6) is -0.301. The molecular formula is C37H44N6O4. The van der Waals surface area contributed by atoms with Gasteiger partial charge in [-0.25, -0.2) is 4.98 Å². The molecule has 3 fully saturated rings. The molecule has 3 saturated heterocycles. The van der Waals surface area contributed by atoms with Crippen LogP contribution in [0.3, 0.4) is 0 Å². The highest BCUT2D eigenvalue weighted by Crippen LogP contribution is 2.36. The summed E-state index contributed by atoms with van der Waals surface area (Å²) in [6.07, 6.45) is 7.10. The lowest BCUT2D eigenvalue weighted by atomic mass is 9.79. The van der Waals surface area contributed by atoms with Crippen LogP contribution in [0.4, 0.5) is 0 Å². The largest absolute Gasteiger partial charge is 0.388 e. The van der Waals surface area contributed by atoms with E-state index < -0.39 is 5.60 Å². The summed E-state index contributed by atoms with van der Waals surface area (Å²) in [6, 6.07) is 19.8. The van der Waals surface area contributed by atoms with Crippen LogP contribution in [0, 0.1) is 5.92 Å². The Balaban J connectivity index is 1.03. The molecule has 10 heteroatoms. The third-order valence-electron chi connectivity index (χ3n) is 10.5. The SMILES string of the molecule is Cn1ccc2c(=O)n(CC3(O)CCN(C(=O)[C@@H]4CCN(C(=O)c5cccc(CN6CCCC6)c5)C[C@H]4c4ccccc4)CC3)cnc21. The van der Waals surface area contributed by atoms with E-state index >= 15 is 0 Å². The second-order valence-corrected chi connectivity index (χ2v) is 13.7. The molecule has 7 rings (SSSR count). The predicted molar refractivity (Wildman–Crippen MR) is 180 cm³/mol. The number of carbonyl (C=O) groups excluding carboxylic acids is 2. The van der Waals surface area contributed by atoms with Crippen LogP contribution in [-0.2, 0) is 24.9 Å². The minimum absolute atomic E-state index is 0.0153. The molecule has 2 amide bonds. The van der Waals surface area contributed by atoms with Crippen LogP contribution in [0.1, 0.15) is 59.5 Å². The number of carbonyl (C=O) groups is 2. The number of rotatable bonds is 7. The number of amides is 2. The van der Waals surface area contributed by atoms with Gasteiger partial charge < -0.3 is 19.5 Å². The van der Waals surface area contributed by atoms with Gasteiger partial charge in [0.15, 0.2) is 0 Å². The third kappa shape index (κ3) is 6.49. The summed E-state index contributed by atoms with van der Waals surface area (Å²) in [7, 11) is 1.85. The van der Waals surface area contributed by atoms with E-state index in [2.05, 4.69) is 28.1 Å². The van der Waals surface area contributed by atoms with Gasteiger partial charge in [0.1, 0.15) is 12.0 Å². The van der Waals surface area contributed by atoms with Crippen molar-refractivity contribution < 1.29 is 14.7 Å². The van der Waals surface area contributed by atoms with Gasteiger partial charge in [0, 0.05) is 63.4 Å². The fourth-order valence-corrected chi connectivity index (χ4v) is 7.80. The van der Waals surface area contributed by atoms with Crippen LogP contribution in [0.2, 0.25) is 0 Å². The van der Waals surface area contributed by atoms with E-state index in [0.717, 1.165) is 30.8 Å². The molecule has 1 N–H and O–H groups in total. The maximum atomic E-state index is 14.1. The highest BCUT2D eigenvalue weighted by Gasteiger charge is 2.41. The number of aryl methyl sites for hydroxylation is 1. The molecule has 0 aliphatic carbocycles. The summed E-state index contributed by atoms with van der Waals surface area (Å²) in [6.45, 7) is 5.04. The molecule has 0 bridgehead atoms. The molecular weight excluding hydrogens is 592 g/mol. The number of hydrogen-bond acceptors (Lipinski definition) is 6. The molecule has 2 aromatic heterocycles. The Morgan fingerprint density at radius 1 is 0.936 bits per heavy atom. The molecule has 5 heterocycles. The van der Waals surface area contributed by atoms with Gasteiger partial charge in [-0.15, -0.1) is 0 Å². The number of aromatic nitrogens is 3. The molecule has 47 heavy (non-hydrogen) atoms. The smallest absolute Gasteiger partial charge is 0.262 e. The van der Waals surface area contributed by atoms with Gasteiger partial charge >= 0.3 is 0 Å². The predicted octanol–water partition coefficient (Wildman–Crippen LogP) is 3.63. The number of piperidine rings is 2. The molecule has 0 spiro atoms. The summed E-state index contributed by atoms with van der Waals surface area (Å²) >= 11 is 0. The lowest BCUT2D eigenvalue weighted by Crippen LogP contribution is -2.53.